The molecule has 0 unspecified atom stereocenters. The van der Waals surface area contributed by atoms with E-state index in [-0.39, 0.29) is 5.91 Å². The average molecular weight is 201 g/mol. The third-order valence-electron chi connectivity index (χ3n) is 2.46. The fraction of sp³-hybridized carbons (Fsp3) is 0.273. The van der Waals surface area contributed by atoms with Crippen molar-refractivity contribution < 1.29 is 4.79 Å². The first kappa shape index (κ1) is 9.53. The number of anilines is 2. The number of hydrogen-bond donors (Lipinski definition) is 1. The Labute approximate surface area is 88.1 Å². The second-order valence-electron chi connectivity index (χ2n) is 3.58. The van der Waals surface area contributed by atoms with E-state index in [0.717, 1.165) is 16.9 Å². The second-order valence-corrected chi connectivity index (χ2v) is 3.58. The van der Waals surface area contributed by atoms with Crippen molar-refractivity contribution in [2.24, 2.45) is 0 Å². The van der Waals surface area contributed by atoms with Crippen LogP contribution in [0.4, 0.5) is 11.4 Å². The van der Waals surface area contributed by atoms with Crippen LogP contribution in [-0.4, -0.2) is 19.5 Å². The Kier molecular flexibility index (Phi) is 2.30. The number of nitriles is 1. The van der Waals surface area contributed by atoms with Gasteiger partial charge in [-0.2, -0.15) is 5.26 Å². The van der Waals surface area contributed by atoms with Crippen molar-refractivity contribution >= 4 is 17.3 Å². The highest BCUT2D eigenvalue weighted by Crippen LogP contribution is 2.27. The number of carbonyl (C=O) groups excluding carboxylic acids is 1. The van der Waals surface area contributed by atoms with Crippen LogP contribution >= 0.6 is 0 Å². The fourth-order valence-electron chi connectivity index (χ4n) is 1.65. The standard InChI is InChI=1S/C11H11N3O/c1-14(5-4-12)9-2-3-10-8(6-9)7-11(15)13-10/h2-3,6H,5,7H2,1H3,(H,13,15). The Morgan fingerprint density at radius 3 is 3.13 bits per heavy atom. The molecular formula is C11H11N3O. The second kappa shape index (κ2) is 3.62. The Morgan fingerprint density at radius 2 is 2.40 bits per heavy atom. The molecule has 0 radical (unpaired) electrons. The van der Waals surface area contributed by atoms with E-state index in [2.05, 4.69) is 11.4 Å². The van der Waals surface area contributed by atoms with E-state index in [1.807, 2.05) is 30.1 Å². The molecule has 1 N–H and O–H groups in total. The summed E-state index contributed by atoms with van der Waals surface area (Å²) in [4.78, 5) is 13.0. The lowest BCUT2D eigenvalue weighted by molar-refractivity contribution is -0.115. The number of carbonyl (C=O) groups is 1. The lowest BCUT2D eigenvalue weighted by atomic mass is 10.1. The fourth-order valence-corrected chi connectivity index (χ4v) is 1.65. The molecule has 0 atom stereocenters. The van der Waals surface area contributed by atoms with Gasteiger partial charge >= 0.3 is 0 Å². The number of amides is 1. The van der Waals surface area contributed by atoms with Crippen LogP contribution in [0, 0.1) is 11.3 Å². The summed E-state index contributed by atoms with van der Waals surface area (Å²) in [5.41, 5.74) is 2.85. The van der Waals surface area contributed by atoms with E-state index in [1.54, 1.807) is 0 Å². The largest absolute Gasteiger partial charge is 0.361 e. The van der Waals surface area contributed by atoms with Crippen LogP contribution in [0.2, 0.25) is 0 Å². The van der Waals surface area contributed by atoms with Gasteiger partial charge in [-0.25, -0.2) is 0 Å². The zero-order valence-corrected chi connectivity index (χ0v) is 8.45. The normalized spacial score (nSPS) is 12.9. The van der Waals surface area contributed by atoms with Gasteiger partial charge in [-0.15, -0.1) is 0 Å². The minimum Gasteiger partial charge on any atom is -0.361 e. The summed E-state index contributed by atoms with van der Waals surface area (Å²) in [6.07, 6.45) is 0.434. The van der Waals surface area contributed by atoms with E-state index in [4.69, 9.17) is 5.26 Å². The van der Waals surface area contributed by atoms with Crippen molar-refractivity contribution in [3.05, 3.63) is 23.8 Å². The van der Waals surface area contributed by atoms with Gasteiger partial charge < -0.3 is 10.2 Å². The highest BCUT2D eigenvalue weighted by Gasteiger charge is 2.17. The van der Waals surface area contributed by atoms with E-state index in [0.29, 0.717) is 13.0 Å². The number of nitrogens with one attached hydrogen (secondary N) is 1. The Morgan fingerprint density at radius 1 is 1.60 bits per heavy atom. The van der Waals surface area contributed by atoms with Gasteiger partial charge in [0, 0.05) is 18.4 Å². The summed E-state index contributed by atoms with van der Waals surface area (Å²) in [5, 5.41) is 11.3. The lowest BCUT2D eigenvalue weighted by Crippen LogP contribution is -2.16. The number of rotatable bonds is 2. The van der Waals surface area contributed by atoms with Crippen LogP contribution in [0.3, 0.4) is 0 Å². The van der Waals surface area contributed by atoms with Crippen molar-refractivity contribution in [1.82, 2.24) is 0 Å². The molecule has 15 heavy (non-hydrogen) atoms. The molecular weight excluding hydrogens is 190 g/mol. The molecule has 4 heteroatoms. The first-order chi connectivity index (χ1) is 7.20. The Bertz CT molecular complexity index is 448. The quantitative estimate of drug-likeness (QED) is 0.730. The van der Waals surface area contributed by atoms with Crippen LogP contribution in [0.5, 0.6) is 0 Å². The van der Waals surface area contributed by atoms with Gasteiger partial charge in [0.2, 0.25) is 5.91 Å². The highest BCUT2D eigenvalue weighted by atomic mass is 16.1. The van der Waals surface area contributed by atoms with Crippen molar-refractivity contribution in [2.75, 3.05) is 23.8 Å². The predicted molar refractivity (Wildman–Crippen MR) is 57.7 cm³/mol. The molecule has 0 spiro atoms. The van der Waals surface area contributed by atoms with Gasteiger partial charge in [0.05, 0.1) is 12.5 Å². The molecule has 0 aliphatic carbocycles. The van der Waals surface area contributed by atoms with E-state index >= 15 is 0 Å². The van der Waals surface area contributed by atoms with Crippen molar-refractivity contribution in [3.63, 3.8) is 0 Å². The van der Waals surface area contributed by atoms with Gasteiger partial charge in [-0.3, -0.25) is 4.79 Å². The number of benzene rings is 1. The average Bonchev–Trinajstić information content (AvgIpc) is 2.57. The van der Waals surface area contributed by atoms with Gasteiger partial charge in [-0.05, 0) is 23.8 Å². The van der Waals surface area contributed by atoms with Gasteiger partial charge in [0.1, 0.15) is 6.54 Å². The molecule has 1 aliphatic heterocycles. The van der Waals surface area contributed by atoms with Gasteiger partial charge in [-0.1, -0.05) is 0 Å². The minimum absolute atomic E-state index is 0.0325. The molecule has 0 saturated heterocycles. The summed E-state index contributed by atoms with van der Waals surface area (Å²) in [7, 11) is 1.86. The summed E-state index contributed by atoms with van der Waals surface area (Å²) < 4.78 is 0. The molecule has 0 fully saturated rings. The van der Waals surface area contributed by atoms with E-state index in [9.17, 15) is 4.79 Å². The molecule has 1 heterocycles. The first-order valence-corrected chi connectivity index (χ1v) is 4.71. The van der Waals surface area contributed by atoms with E-state index < -0.39 is 0 Å². The van der Waals surface area contributed by atoms with E-state index in [1.165, 1.54) is 0 Å². The maximum atomic E-state index is 11.1. The molecule has 76 valence electrons. The summed E-state index contributed by atoms with van der Waals surface area (Å²) in [6.45, 7) is 0.347. The Hall–Kier alpha value is -2.02. The summed E-state index contributed by atoms with van der Waals surface area (Å²) in [6, 6.07) is 7.82. The maximum Gasteiger partial charge on any atom is 0.228 e. The van der Waals surface area contributed by atoms with Crippen LogP contribution in [0.25, 0.3) is 0 Å². The molecule has 0 aromatic heterocycles. The molecule has 1 aliphatic rings. The number of nitrogens with zero attached hydrogens (tertiary/aromatic N) is 2. The topological polar surface area (TPSA) is 56.1 Å². The zero-order valence-electron chi connectivity index (χ0n) is 8.45. The molecule has 4 nitrogen and oxygen atoms in total. The zero-order chi connectivity index (χ0) is 10.8. The maximum absolute atomic E-state index is 11.1. The van der Waals surface area contributed by atoms with Crippen molar-refractivity contribution in [2.45, 2.75) is 6.42 Å². The molecule has 1 aromatic carbocycles. The molecule has 1 aromatic rings. The number of hydrogen-bond acceptors (Lipinski definition) is 3. The third-order valence-corrected chi connectivity index (χ3v) is 2.46. The third kappa shape index (κ3) is 1.77. The van der Waals surface area contributed by atoms with Crippen LogP contribution in [0.15, 0.2) is 18.2 Å². The van der Waals surface area contributed by atoms with Crippen molar-refractivity contribution in [1.29, 1.82) is 5.26 Å². The lowest BCUT2D eigenvalue weighted by Gasteiger charge is -2.15. The summed E-state index contributed by atoms with van der Waals surface area (Å²) in [5.74, 6) is 0.0325. The van der Waals surface area contributed by atoms with Gasteiger partial charge in [0.25, 0.3) is 0 Å². The molecule has 0 bridgehead atoms. The van der Waals surface area contributed by atoms with Crippen LogP contribution < -0.4 is 10.2 Å². The molecule has 1 amide bonds. The van der Waals surface area contributed by atoms with Gasteiger partial charge in [0.15, 0.2) is 0 Å². The number of fused-ring (bicyclic) bond motifs is 1. The van der Waals surface area contributed by atoms with Crippen LogP contribution in [-0.2, 0) is 11.2 Å². The molecule has 2 rings (SSSR count). The van der Waals surface area contributed by atoms with Crippen LogP contribution in [0.1, 0.15) is 5.56 Å². The molecule has 0 saturated carbocycles. The SMILES string of the molecule is CN(CC#N)c1ccc2c(c1)CC(=O)N2. The summed E-state index contributed by atoms with van der Waals surface area (Å²) >= 11 is 0. The monoisotopic (exact) mass is 201 g/mol. The first-order valence-electron chi connectivity index (χ1n) is 4.71. The van der Waals surface area contributed by atoms with Crippen molar-refractivity contribution in [3.8, 4) is 6.07 Å². The minimum atomic E-state index is 0.0325. The Balaban J connectivity index is 2.27. The smallest absolute Gasteiger partial charge is 0.228 e. The highest BCUT2D eigenvalue weighted by molar-refractivity contribution is 5.99. The predicted octanol–water partition coefficient (Wildman–Crippen LogP) is 1.14.